The van der Waals surface area contributed by atoms with Gasteiger partial charge >= 0.3 is 11.9 Å². The molecule has 2 aromatic carbocycles. The first-order valence-electron chi connectivity index (χ1n) is 10.3. The van der Waals surface area contributed by atoms with E-state index >= 15 is 0 Å². The van der Waals surface area contributed by atoms with Crippen molar-refractivity contribution < 1.29 is 38.0 Å². The largest absolute Gasteiger partial charge is 0.493 e. The summed E-state index contributed by atoms with van der Waals surface area (Å²) in [6.07, 6.45) is 0. The van der Waals surface area contributed by atoms with Gasteiger partial charge in [0, 0.05) is 11.8 Å². The number of fused-ring (bicyclic) bond motifs is 1. The van der Waals surface area contributed by atoms with Crippen LogP contribution >= 0.6 is 0 Å². The van der Waals surface area contributed by atoms with Gasteiger partial charge in [0.25, 0.3) is 0 Å². The number of carbonyl (C=O) groups is 2. The van der Waals surface area contributed by atoms with E-state index in [-0.39, 0.29) is 25.0 Å². The van der Waals surface area contributed by atoms with E-state index in [1.54, 1.807) is 40.6 Å². The van der Waals surface area contributed by atoms with E-state index in [0.717, 1.165) is 11.1 Å². The molecule has 4 atom stereocenters. The SMILES string of the molecule is COc1ccc(C2C3C(=O)OCCOC(=O)C3C2c2ccc(OC)c(OC)c2)cc1OC. The van der Waals surface area contributed by atoms with Crippen LogP contribution in [0.4, 0.5) is 0 Å². The molecule has 1 saturated carbocycles. The van der Waals surface area contributed by atoms with Crippen LogP contribution < -0.4 is 18.9 Å². The zero-order valence-corrected chi connectivity index (χ0v) is 18.5. The number of methoxy groups -OCH3 is 4. The van der Waals surface area contributed by atoms with Crippen molar-refractivity contribution in [3.05, 3.63) is 47.5 Å². The Kier molecular flexibility index (Phi) is 6.12. The molecule has 2 aromatic rings. The van der Waals surface area contributed by atoms with Crippen LogP contribution in [0.2, 0.25) is 0 Å². The number of hydrogen-bond acceptors (Lipinski definition) is 8. The Morgan fingerprint density at radius 1 is 0.594 bits per heavy atom. The summed E-state index contributed by atoms with van der Waals surface area (Å²) in [5, 5.41) is 0. The Hall–Kier alpha value is -3.42. The average Bonchev–Trinajstić information content (AvgIpc) is 2.80. The maximum atomic E-state index is 12.9. The second kappa shape index (κ2) is 8.98. The van der Waals surface area contributed by atoms with Gasteiger partial charge in [0.05, 0.1) is 40.3 Å². The molecule has 8 nitrogen and oxygen atoms in total. The van der Waals surface area contributed by atoms with Gasteiger partial charge in [0.2, 0.25) is 0 Å². The van der Waals surface area contributed by atoms with E-state index in [9.17, 15) is 9.59 Å². The van der Waals surface area contributed by atoms with Gasteiger partial charge < -0.3 is 28.4 Å². The predicted molar refractivity (Wildman–Crippen MR) is 113 cm³/mol. The van der Waals surface area contributed by atoms with Crippen molar-refractivity contribution in [2.45, 2.75) is 11.8 Å². The molecule has 0 amide bonds. The predicted octanol–water partition coefficient (Wildman–Crippen LogP) is 2.93. The fourth-order valence-corrected chi connectivity index (χ4v) is 4.76. The molecule has 0 aromatic heterocycles. The Balaban J connectivity index is 1.83. The van der Waals surface area contributed by atoms with Gasteiger partial charge in [-0.3, -0.25) is 9.59 Å². The summed E-state index contributed by atoms with van der Waals surface area (Å²) < 4.78 is 32.4. The number of rotatable bonds is 6. The van der Waals surface area contributed by atoms with Crippen LogP contribution in [0.15, 0.2) is 36.4 Å². The van der Waals surface area contributed by atoms with E-state index in [0.29, 0.717) is 23.0 Å². The molecule has 2 aliphatic rings. The highest BCUT2D eigenvalue weighted by Crippen LogP contribution is 2.60. The van der Waals surface area contributed by atoms with Crippen LogP contribution in [0.5, 0.6) is 23.0 Å². The van der Waals surface area contributed by atoms with Crippen LogP contribution in [-0.2, 0) is 19.1 Å². The van der Waals surface area contributed by atoms with Crippen LogP contribution in [0.3, 0.4) is 0 Å². The van der Waals surface area contributed by atoms with Crippen molar-refractivity contribution in [2.24, 2.45) is 11.8 Å². The number of benzene rings is 2. The minimum absolute atomic E-state index is 0.0491. The van der Waals surface area contributed by atoms with Gasteiger partial charge in [0.1, 0.15) is 13.2 Å². The standard InChI is InChI=1S/C24H26O8/c1-27-15-7-5-13(11-17(15)29-3)19-20(14-6-8-16(28-2)18(12-14)30-4)22-21(19)23(25)31-9-10-32-24(22)26/h5-8,11-12,19-22H,9-10H2,1-4H3. The molecule has 8 heteroatoms. The van der Waals surface area contributed by atoms with E-state index in [4.69, 9.17) is 28.4 Å². The molecule has 32 heavy (non-hydrogen) atoms. The minimum Gasteiger partial charge on any atom is -0.493 e. The fourth-order valence-electron chi connectivity index (χ4n) is 4.76. The lowest BCUT2D eigenvalue weighted by Crippen LogP contribution is -2.53. The van der Waals surface area contributed by atoms with Crippen molar-refractivity contribution >= 4 is 11.9 Å². The first kappa shape index (κ1) is 21.8. The third-order valence-corrected chi connectivity index (χ3v) is 6.25. The number of cyclic esters (lactones) is 2. The molecule has 0 radical (unpaired) electrons. The second-order valence-corrected chi connectivity index (χ2v) is 7.67. The molecular formula is C24H26O8. The third kappa shape index (κ3) is 3.59. The Bertz CT molecular complexity index is 936. The highest BCUT2D eigenvalue weighted by Gasteiger charge is 2.60. The lowest BCUT2D eigenvalue weighted by Gasteiger charge is -2.50. The summed E-state index contributed by atoms with van der Waals surface area (Å²) in [7, 11) is 6.23. The van der Waals surface area contributed by atoms with Crippen LogP contribution in [0.25, 0.3) is 0 Å². The normalized spacial score (nSPS) is 24.6. The first-order valence-corrected chi connectivity index (χ1v) is 10.3. The maximum absolute atomic E-state index is 12.9. The second-order valence-electron chi connectivity index (χ2n) is 7.67. The molecule has 1 saturated heterocycles. The quantitative estimate of drug-likeness (QED) is 0.631. The summed E-state index contributed by atoms with van der Waals surface area (Å²) in [6, 6.07) is 11.0. The van der Waals surface area contributed by atoms with Crippen LogP contribution in [-0.4, -0.2) is 53.6 Å². The highest BCUT2D eigenvalue weighted by atomic mass is 16.6. The van der Waals surface area contributed by atoms with Gasteiger partial charge in [-0.2, -0.15) is 0 Å². The lowest BCUT2D eigenvalue weighted by atomic mass is 9.52. The number of esters is 2. The molecule has 4 unspecified atom stereocenters. The summed E-state index contributed by atoms with van der Waals surface area (Å²) in [4.78, 5) is 25.8. The third-order valence-electron chi connectivity index (χ3n) is 6.25. The number of ether oxygens (including phenoxy) is 6. The van der Waals surface area contributed by atoms with Crippen molar-refractivity contribution in [1.29, 1.82) is 0 Å². The Morgan fingerprint density at radius 3 is 1.31 bits per heavy atom. The Labute approximate surface area is 186 Å². The van der Waals surface area contributed by atoms with Gasteiger partial charge in [-0.05, 0) is 35.4 Å². The molecule has 1 heterocycles. The van der Waals surface area contributed by atoms with Crippen molar-refractivity contribution in [1.82, 2.24) is 0 Å². The highest BCUT2D eigenvalue weighted by molar-refractivity contribution is 5.87. The molecule has 0 bridgehead atoms. The molecule has 1 aliphatic carbocycles. The van der Waals surface area contributed by atoms with Crippen molar-refractivity contribution in [2.75, 3.05) is 41.7 Å². The van der Waals surface area contributed by atoms with Gasteiger partial charge in [-0.15, -0.1) is 0 Å². The van der Waals surface area contributed by atoms with E-state index in [1.807, 2.05) is 24.3 Å². The van der Waals surface area contributed by atoms with E-state index in [2.05, 4.69) is 0 Å². The zero-order chi connectivity index (χ0) is 22.8. The first-order chi connectivity index (χ1) is 15.5. The van der Waals surface area contributed by atoms with Gasteiger partial charge in [-0.25, -0.2) is 0 Å². The van der Waals surface area contributed by atoms with Crippen LogP contribution in [0.1, 0.15) is 23.0 Å². The van der Waals surface area contributed by atoms with Crippen molar-refractivity contribution in [3.8, 4) is 23.0 Å². The molecule has 4 rings (SSSR count). The van der Waals surface area contributed by atoms with Crippen LogP contribution in [0, 0.1) is 11.8 Å². The Morgan fingerprint density at radius 2 is 0.969 bits per heavy atom. The maximum Gasteiger partial charge on any atom is 0.310 e. The molecule has 170 valence electrons. The van der Waals surface area contributed by atoms with Gasteiger partial charge in [0.15, 0.2) is 23.0 Å². The minimum atomic E-state index is -0.668. The summed E-state index contributed by atoms with van der Waals surface area (Å²) in [5.41, 5.74) is 1.68. The molecule has 0 N–H and O–H groups in total. The average molecular weight is 442 g/mol. The smallest absolute Gasteiger partial charge is 0.310 e. The van der Waals surface area contributed by atoms with E-state index < -0.39 is 23.8 Å². The van der Waals surface area contributed by atoms with E-state index in [1.165, 1.54) is 0 Å². The summed E-state index contributed by atoms with van der Waals surface area (Å²) in [5.74, 6) is -0.539. The monoisotopic (exact) mass is 442 g/mol. The van der Waals surface area contributed by atoms with Gasteiger partial charge in [-0.1, -0.05) is 12.1 Å². The summed E-state index contributed by atoms with van der Waals surface area (Å²) in [6.45, 7) is 0.0982. The molecule has 1 aliphatic heterocycles. The molecule has 2 fully saturated rings. The number of hydrogen-bond donors (Lipinski definition) is 0. The number of carbonyl (C=O) groups excluding carboxylic acids is 2. The fraction of sp³-hybridized carbons (Fsp3) is 0.417. The zero-order valence-electron chi connectivity index (χ0n) is 18.5. The summed E-state index contributed by atoms with van der Waals surface area (Å²) >= 11 is 0. The van der Waals surface area contributed by atoms with Crippen molar-refractivity contribution in [3.63, 3.8) is 0 Å². The topological polar surface area (TPSA) is 89.5 Å². The lowest BCUT2D eigenvalue weighted by molar-refractivity contribution is -0.180. The molecule has 0 spiro atoms. The molecular weight excluding hydrogens is 416 g/mol.